The van der Waals surface area contributed by atoms with Crippen LogP contribution in [0.1, 0.15) is 29.7 Å². The lowest BCUT2D eigenvalue weighted by Crippen LogP contribution is -2.29. The summed E-state index contributed by atoms with van der Waals surface area (Å²) in [7, 11) is 1.58. The van der Waals surface area contributed by atoms with Gasteiger partial charge in [0.05, 0.1) is 35.5 Å². The molecule has 0 spiro atoms. The second kappa shape index (κ2) is 9.47. The number of aromatic nitrogens is 1. The fraction of sp³-hybridized carbons (Fsp3) is 0.179. The van der Waals surface area contributed by atoms with Crippen LogP contribution in [0.3, 0.4) is 0 Å². The normalized spacial score (nSPS) is 17.1. The van der Waals surface area contributed by atoms with Crippen molar-refractivity contribution in [3.63, 3.8) is 0 Å². The monoisotopic (exact) mass is 500 g/mol. The molecule has 0 radical (unpaired) electrons. The molecule has 8 heteroatoms. The second-order valence-corrected chi connectivity index (χ2v) is 9.38. The number of methoxy groups -OCH3 is 1. The number of ether oxygens (including phenoxy) is 2. The van der Waals surface area contributed by atoms with Gasteiger partial charge in [0.2, 0.25) is 0 Å². The number of Topliss-reactive ketones (excluding diaryl/α,β-unsaturated/α-hetero) is 1. The molecule has 1 amide bonds. The molecular formula is C28H24N2O5S. The maximum Gasteiger partial charge on any atom is 0.301 e. The molecule has 1 aliphatic rings. The zero-order chi connectivity index (χ0) is 25.4. The van der Waals surface area contributed by atoms with Crippen molar-refractivity contribution >= 4 is 44.1 Å². The number of fused-ring (bicyclic) bond motifs is 1. The van der Waals surface area contributed by atoms with Gasteiger partial charge in [-0.25, -0.2) is 4.98 Å². The van der Waals surface area contributed by atoms with Crippen LogP contribution in [0.15, 0.2) is 72.3 Å². The van der Waals surface area contributed by atoms with Gasteiger partial charge in [-0.15, -0.1) is 0 Å². The van der Waals surface area contributed by atoms with E-state index in [0.717, 1.165) is 10.3 Å². The summed E-state index contributed by atoms with van der Waals surface area (Å²) >= 11 is 1.29. The summed E-state index contributed by atoms with van der Waals surface area (Å²) in [4.78, 5) is 32.9. The van der Waals surface area contributed by atoms with E-state index in [1.807, 2.05) is 50.2 Å². The number of thiazole rings is 1. The van der Waals surface area contributed by atoms with Crippen LogP contribution in [0.5, 0.6) is 11.5 Å². The zero-order valence-electron chi connectivity index (χ0n) is 20.0. The first-order chi connectivity index (χ1) is 17.4. The van der Waals surface area contributed by atoms with Crippen LogP contribution in [0.25, 0.3) is 16.0 Å². The van der Waals surface area contributed by atoms with Gasteiger partial charge in [0.25, 0.3) is 5.78 Å². The van der Waals surface area contributed by atoms with E-state index in [-0.39, 0.29) is 11.3 Å². The molecule has 1 atom stereocenters. The molecule has 7 nitrogen and oxygen atoms in total. The largest absolute Gasteiger partial charge is 0.507 e. The molecular weight excluding hydrogens is 476 g/mol. The maximum absolute atomic E-state index is 13.4. The quantitative estimate of drug-likeness (QED) is 0.209. The minimum atomic E-state index is -0.844. The third-order valence-electron chi connectivity index (χ3n) is 6.01. The van der Waals surface area contributed by atoms with E-state index in [4.69, 9.17) is 9.47 Å². The predicted molar refractivity (Wildman–Crippen MR) is 140 cm³/mol. The Morgan fingerprint density at radius 3 is 2.61 bits per heavy atom. The van der Waals surface area contributed by atoms with Gasteiger partial charge in [0.1, 0.15) is 17.3 Å². The van der Waals surface area contributed by atoms with Crippen LogP contribution in [-0.2, 0) is 9.59 Å². The van der Waals surface area contributed by atoms with Crippen molar-refractivity contribution in [2.75, 3.05) is 18.6 Å². The van der Waals surface area contributed by atoms with Crippen LogP contribution >= 0.6 is 11.3 Å². The average Bonchev–Trinajstić information content (AvgIpc) is 3.41. The number of aliphatic hydroxyl groups is 1. The third-order valence-corrected chi connectivity index (χ3v) is 7.03. The van der Waals surface area contributed by atoms with Crippen LogP contribution in [0, 0.1) is 6.92 Å². The maximum atomic E-state index is 13.4. The lowest BCUT2D eigenvalue weighted by atomic mass is 9.94. The molecule has 0 bridgehead atoms. The third kappa shape index (κ3) is 4.09. The van der Waals surface area contributed by atoms with E-state index in [1.165, 1.54) is 16.2 Å². The van der Waals surface area contributed by atoms with Crippen LogP contribution in [0.4, 0.5) is 5.13 Å². The number of ketones is 1. The summed E-state index contributed by atoms with van der Waals surface area (Å²) in [6.07, 6.45) is 0. The number of carbonyl (C=O) groups is 2. The highest BCUT2D eigenvalue weighted by Gasteiger charge is 2.48. The number of carbonyl (C=O) groups excluding carboxylic acids is 2. The van der Waals surface area contributed by atoms with Gasteiger partial charge in [-0.05, 0) is 49.7 Å². The van der Waals surface area contributed by atoms with Crippen molar-refractivity contribution in [3.8, 4) is 11.5 Å². The molecule has 182 valence electrons. The molecule has 1 unspecified atom stereocenters. The molecule has 0 saturated carbocycles. The molecule has 1 saturated heterocycles. The Morgan fingerprint density at radius 1 is 1.06 bits per heavy atom. The number of hydrogen-bond donors (Lipinski definition) is 1. The summed E-state index contributed by atoms with van der Waals surface area (Å²) in [5, 5.41) is 11.7. The van der Waals surface area contributed by atoms with Crippen molar-refractivity contribution in [2.45, 2.75) is 19.9 Å². The molecule has 5 rings (SSSR count). The standard InChI is InChI=1S/C28H24N2O5S/c1-4-35-20-10-6-9-18(14-20)25(31)23-24(17-8-5-7-16(2)13-17)30(27(33)26(23)32)28-29-21-12-11-19(34-3)15-22(21)36-28/h5-15,24,31H,4H2,1-3H3/b25-23+. The van der Waals surface area contributed by atoms with E-state index in [9.17, 15) is 14.7 Å². The lowest BCUT2D eigenvalue weighted by molar-refractivity contribution is -0.132. The predicted octanol–water partition coefficient (Wildman–Crippen LogP) is 5.64. The topological polar surface area (TPSA) is 89.0 Å². The SMILES string of the molecule is CCOc1cccc(/C(O)=C2\C(=O)C(=O)N(c3nc4ccc(OC)cc4s3)C2c2cccc(C)c2)c1. The fourth-order valence-electron chi connectivity index (χ4n) is 4.36. The number of nitrogens with zero attached hydrogens (tertiary/aromatic N) is 2. The Hall–Kier alpha value is -4.17. The van der Waals surface area contributed by atoms with Gasteiger partial charge in [0.15, 0.2) is 5.13 Å². The summed E-state index contributed by atoms with van der Waals surface area (Å²) in [5.41, 5.74) is 2.76. The second-order valence-electron chi connectivity index (χ2n) is 8.37. The smallest absolute Gasteiger partial charge is 0.301 e. The van der Waals surface area contributed by atoms with Crippen molar-refractivity contribution in [2.24, 2.45) is 0 Å². The summed E-state index contributed by atoms with van der Waals surface area (Å²) in [6.45, 7) is 4.26. The number of aryl methyl sites for hydroxylation is 1. The van der Waals surface area contributed by atoms with Crippen LogP contribution < -0.4 is 14.4 Å². The van der Waals surface area contributed by atoms with Gasteiger partial charge in [-0.1, -0.05) is 53.3 Å². The molecule has 3 aromatic carbocycles. The fourth-order valence-corrected chi connectivity index (χ4v) is 5.38. The molecule has 1 aliphatic heterocycles. The number of amides is 1. The van der Waals surface area contributed by atoms with E-state index >= 15 is 0 Å². The first kappa shape index (κ1) is 23.6. The first-order valence-corrected chi connectivity index (χ1v) is 12.3. The van der Waals surface area contributed by atoms with Gasteiger partial charge in [-0.2, -0.15) is 0 Å². The minimum Gasteiger partial charge on any atom is -0.507 e. The average molecular weight is 501 g/mol. The molecule has 1 fully saturated rings. The Morgan fingerprint density at radius 2 is 1.86 bits per heavy atom. The van der Waals surface area contributed by atoms with E-state index in [0.29, 0.717) is 39.9 Å². The summed E-state index contributed by atoms with van der Waals surface area (Å²) < 4.78 is 11.7. The van der Waals surface area contributed by atoms with Gasteiger partial charge >= 0.3 is 5.91 Å². The summed E-state index contributed by atoms with van der Waals surface area (Å²) in [6, 6.07) is 19.0. The molecule has 4 aromatic rings. The Kier molecular flexibility index (Phi) is 6.20. The molecule has 1 aromatic heterocycles. The number of benzene rings is 3. The van der Waals surface area contributed by atoms with E-state index < -0.39 is 17.7 Å². The van der Waals surface area contributed by atoms with E-state index in [1.54, 1.807) is 37.4 Å². The number of rotatable bonds is 6. The highest BCUT2D eigenvalue weighted by Crippen LogP contribution is 2.45. The Labute approximate surface area is 212 Å². The zero-order valence-corrected chi connectivity index (χ0v) is 20.8. The molecule has 1 N–H and O–H groups in total. The van der Waals surface area contributed by atoms with Crippen LogP contribution in [-0.4, -0.2) is 35.5 Å². The van der Waals surface area contributed by atoms with E-state index in [2.05, 4.69) is 4.98 Å². The van der Waals surface area contributed by atoms with Crippen molar-refractivity contribution < 1.29 is 24.2 Å². The lowest BCUT2D eigenvalue weighted by Gasteiger charge is -2.23. The highest BCUT2D eigenvalue weighted by molar-refractivity contribution is 7.22. The minimum absolute atomic E-state index is 0.0103. The Bertz CT molecular complexity index is 1520. The van der Waals surface area contributed by atoms with Gasteiger partial charge < -0.3 is 14.6 Å². The number of hydrogen-bond acceptors (Lipinski definition) is 7. The van der Waals surface area contributed by atoms with Crippen molar-refractivity contribution in [1.29, 1.82) is 0 Å². The molecule has 2 heterocycles. The van der Waals surface area contributed by atoms with Gasteiger partial charge in [0, 0.05) is 5.56 Å². The number of anilines is 1. The van der Waals surface area contributed by atoms with Crippen molar-refractivity contribution in [1.82, 2.24) is 4.98 Å². The molecule has 36 heavy (non-hydrogen) atoms. The summed E-state index contributed by atoms with van der Waals surface area (Å²) in [5.74, 6) is -0.536. The van der Waals surface area contributed by atoms with Crippen molar-refractivity contribution in [3.05, 3.63) is 89.0 Å². The highest BCUT2D eigenvalue weighted by atomic mass is 32.1. The first-order valence-electron chi connectivity index (χ1n) is 11.5. The van der Waals surface area contributed by atoms with Crippen LogP contribution in [0.2, 0.25) is 0 Å². The Balaban J connectivity index is 1.70. The number of aliphatic hydroxyl groups excluding tert-OH is 1. The van der Waals surface area contributed by atoms with Gasteiger partial charge in [-0.3, -0.25) is 14.5 Å². The molecule has 0 aliphatic carbocycles.